The summed E-state index contributed by atoms with van der Waals surface area (Å²) in [6.45, 7) is 3.34. The first-order chi connectivity index (χ1) is 9.77. The fourth-order valence-electron chi connectivity index (χ4n) is 1.94. The molecule has 2 atom stereocenters. The number of carbonyl (C=O) groups is 1. The van der Waals surface area contributed by atoms with Crippen molar-refractivity contribution in [2.24, 2.45) is 5.92 Å². The number of ether oxygens (including phenoxy) is 1. The van der Waals surface area contributed by atoms with Gasteiger partial charge in [-0.3, -0.25) is 19.1 Å². The van der Waals surface area contributed by atoms with Crippen molar-refractivity contribution >= 4 is 22.5 Å². The first-order valence-corrected chi connectivity index (χ1v) is 7.57. The minimum Gasteiger partial charge on any atom is -0.496 e. The van der Waals surface area contributed by atoms with E-state index in [1.165, 1.54) is 25.3 Å². The Morgan fingerprint density at radius 3 is 2.52 bits per heavy atom. The number of nitro groups is 1. The van der Waals surface area contributed by atoms with E-state index in [0.717, 1.165) is 0 Å². The van der Waals surface area contributed by atoms with Crippen LogP contribution in [0.25, 0.3) is 0 Å². The van der Waals surface area contributed by atoms with Gasteiger partial charge in [0.1, 0.15) is 11.0 Å². The third-order valence-corrected chi connectivity index (χ3v) is 4.81. The molecule has 0 spiro atoms. The number of rotatable bonds is 7. The monoisotopic (exact) mass is 315 g/mol. The summed E-state index contributed by atoms with van der Waals surface area (Å²) in [5.74, 6) is -1.22. The summed E-state index contributed by atoms with van der Waals surface area (Å²) in [6.07, 6.45) is 0. The van der Waals surface area contributed by atoms with Crippen LogP contribution in [-0.4, -0.2) is 32.6 Å². The van der Waals surface area contributed by atoms with Gasteiger partial charge in [0, 0.05) is 28.5 Å². The average Bonchev–Trinajstić information content (AvgIpc) is 2.37. The Labute approximate surface area is 124 Å². The molecule has 0 aliphatic carbocycles. The van der Waals surface area contributed by atoms with E-state index in [2.05, 4.69) is 0 Å². The number of hydrogen-bond donors (Lipinski definition) is 1. The molecule has 1 aromatic carbocycles. The summed E-state index contributed by atoms with van der Waals surface area (Å²) in [5.41, 5.74) is 0.205. The fourth-order valence-corrected chi connectivity index (χ4v) is 3.48. The van der Waals surface area contributed by atoms with Crippen molar-refractivity contribution in [3.05, 3.63) is 33.9 Å². The van der Waals surface area contributed by atoms with Crippen molar-refractivity contribution in [1.29, 1.82) is 0 Å². The second-order valence-electron chi connectivity index (χ2n) is 4.78. The third kappa shape index (κ3) is 4.25. The summed E-state index contributed by atoms with van der Waals surface area (Å²) in [6, 6.07) is 3.95. The van der Waals surface area contributed by atoms with Crippen molar-refractivity contribution < 1.29 is 23.8 Å². The standard InChI is InChI=1S/C13H17NO6S/c1-8(2)12(13(15)16)21(19)7-9-6-10(14(17)18)4-5-11(9)20-3/h4-6,8,12H,7H2,1-3H3,(H,15,16). The van der Waals surface area contributed by atoms with Gasteiger partial charge in [-0.25, -0.2) is 0 Å². The number of aliphatic carboxylic acids is 1. The number of benzene rings is 1. The SMILES string of the molecule is COc1ccc([N+](=O)[O-])cc1CS(=O)C(C(=O)O)C(C)C. The topological polar surface area (TPSA) is 107 Å². The zero-order chi connectivity index (χ0) is 16.2. The maximum atomic E-state index is 12.2. The zero-order valence-electron chi connectivity index (χ0n) is 11.9. The lowest BCUT2D eigenvalue weighted by Gasteiger charge is -2.16. The summed E-state index contributed by atoms with van der Waals surface area (Å²) in [5, 5.41) is 18.9. The smallest absolute Gasteiger partial charge is 0.319 e. The van der Waals surface area contributed by atoms with Gasteiger partial charge < -0.3 is 9.84 Å². The molecule has 0 aliphatic rings. The van der Waals surface area contributed by atoms with Crippen LogP contribution in [0.15, 0.2) is 18.2 Å². The molecule has 0 aromatic heterocycles. The van der Waals surface area contributed by atoms with Gasteiger partial charge in [0.2, 0.25) is 0 Å². The van der Waals surface area contributed by atoms with Crippen molar-refractivity contribution in [1.82, 2.24) is 0 Å². The van der Waals surface area contributed by atoms with Crippen LogP contribution in [0, 0.1) is 16.0 Å². The second-order valence-corrected chi connectivity index (χ2v) is 6.34. The van der Waals surface area contributed by atoms with E-state index in [9.17, 15) is 19.1 Å². The second kappa shape index (κ2) is 7.16. The maximum absolute atomic E-state index is 12.2. The molecule has 0 bridgehead atoms. The number of nitrogens with zero attached hydrogens (tertiary/aromatic N) is 1. The van der Waals surface area contributed by atoms with Gasteiger partial charge in [-0.05, 0) is 12.0 Å². The molecule has 116 valence electrons. The highest BCUT2D eigenvalue weighted by Gasteiger charge is 2.29. The van der Waals surface area contributed by atoms with Crippen LogP contribution in [0.1, 0.15) is 19.4 Å². The first kappa shape index (κ1) is 17.1. The average molecular weight is 315 g/mol. The Morgan fingerprint density at radius 2 is 2.10 bits per heavy atom. The lowest BCUT2D eigenvalue weighted by atomic mass is 10.1. The minimum atomic E-state index is -1.70. The van der Waals surface area contributed by atoms with E-state index in [0.29, 0.717) is 11.3 Å². The number of non-ortho nitro benzene ring substituents is 1. The largest absolute Gasteiger partial charge is 0.496 e. The maximum Gasteiger partial charge on any atom is 0.319 e. The quantitative estimate of drug-likeness (QED) is 0.609. The van der Waals surface area contributed by atoms with Gasteiger partial charge in [-0.15, -0.1) is 0 Å². The van der Waals surface area contributed by atoms with E-state index in [1.807, 2.05) is 0 Å². The van der Waals surface area contributed by atoms with E-state index in [1.54, 1.807) is 13.8 Å². The lowest BCUT2D eigenvalue weighted by molar-refractivity contribution is -0.384. The summed E-state index contributed by atoms with van der Waals surface area (Å²) < 4.78 is 17.3. The molecule has 1 N–H and O–H groups in total. The minimum absolute atomic E-state index is 0.111. The predicted molar refractivity (Wildman–Crippen MR) is 77.8 cm³/mol. The molecule has 0 amide bonds. The van der Waals surface area contributed by atoms with Gasteiger partial charge in [0.25, 0.3) is 5.69 Å². The molecule has 0 aliphatic heterocycles. The molecule has 0 saturated carbocycles. The van der Waals surface area contributed by atoms with Crippen LogP contribution in [0.3, 0.4) is 0 Å². The van der Waals surface area contributed by atoms with Crippen LogP contribution in [0.2, 0.25) is 0 Å². The van der Waals surface area contributed by atoms with E-state index in [-0.39, 0.29) is 17.4 Å². The Balaban J connectivity index is 3.10. The zero-order valence-corrected chi connectivity index (χ0v) is 12.8. The molecule has 1 aromatic rings. The molecule has 0 saturated heterocycles. The molecule has 1 rings (SSSR count). The van der Waals surface area contributed by atoms with E-state index < -0.39 is 26.9 Å². The molecule has 8 heteroatoms. The molecular weight excluding hydrogens is 298 g/mol. The van der Waals surface area contributed by atoms with Crippen LogP contribution < -0.4 is 4.74 Å². The normalized spacial score (nSPS) is 13.7. The van der Waals surface area contributed by atoms with Gasteiger partial charge in [0.05, 0.1) is 17.8 Å². The molecule has 0 heterocycles. The fraction of sp³-hybridized carbons (Fsp3) is 0.462. The van der Waals surface area contributed by atoms with Gasteiger partial charge >= 0.3 is 5.97 Å². The molecular formula is C13H17NO6S. The number of carboxylic acids is 1. The Hall–Kier alpha value is -1.96. The molecule has 21 heavy (non-hydrogen) atoms. The Morgan fingerprint density at radius 1 is 1.48 bits per heavy atom. The first-order valence-electron chi connectivity index (χ1n) is 6.19. The highest BCUT2D eigenvalue weighted by molar-refractivity contribution is 7.85. The molecule has 0 radical (unpaired) electrons. The number of hydrogen-bond acceptors (Lipinski definition) is 5. The van der Waals surface area contributed by atoms with Crippen molar-refractivity contribution in [3.8, 4) is 5.75 Å². The molecule has 7 nitrogen and oxygen atoms in total. The van der Waals surface area contributed by atoms with Crippen LogP contribution >= 0.6 is 0 Å². The van der Waals surface area contributed by atoms with Crippen molar-refractivity contribution in [2.45, 2.75) is 24.9 Å². The third-order valence-electron chi connectivity index (χ3n) is 2.90. The number of nitro benzene ring substituents is 1. The molecule has 0 fully saturated rings. The summed E-state index contributed by atoms with van der Waals surface area (Å²) in [4.78, 5) is 21.4. The van der Waals surface area contributed by atoms with Crippen LogP contribution in [0.4, 0.5) is 5.69 Å². The van der Waals surface area contributed by atoms with Crippen molar-refractivity contribution in [2.75, 3.05) is 7.11 Å². The molecule has 2 unspecified atom stereocenters. The van der Waals surface area contributed by atoms with E-state index in [4.69, 9.17) is 9.84 Å². The summed E-state index contributed by atoms with van der Waals surface area (Å²) >= 11 is 0. The summed E-state index contributed by atoms with van der Waals surface area (Å²) in [7, 11) is -0.311. The van der Waals surface area contributed by atoms with Crippen LogP contribution in [0.5, 0.6) is 5.75 Å². The van der Waals surface area contributed by atoms with E-state index >= 15 is 0 Å². The van der Waals surface area contributed by atoms with Crippen LogP contribution in [-0.2, 0) is 21.3 Å². The Kier molecular flexibility index (Phi) is 5.83. The highest BCUT2D eigenvalue weighted by atomic mass is 32.2. The Bertz CT molecular complexity index is 572. The number of carboxylic acid groups (broad SMARTS) is 1. The number of methoxy groups -OCH3 is 1. The van der Waals surface area contributed by atoms with Gasteiger partial charge in [-0.2, -0.15) is 0 Å². The highest BCUT2D eigenvalue weighted by Crippen LogP contribution is 2.26. The van der Waals surface area contributed by atoms with Crippen molar-refractivity contribution in [3.63, 3.8) is 0 Å². The lowest BCUT2D eigenvalue weighted by Crippen LogP contribution is -2.31. The predicted octanol–water partition coefficient (Wildman–Crippen LogP) is 1.96. The van der Waals surface area contributed by atoms with Gasteiger partial charge in [0.15, 0.2) is 0 Å². The van der Waals surface area contributed by atoms with Gasteiger partial charge in [-0.1, -0.05) is 13.8 Å².